The summed E-state index contributed by atoms with van der Waals surface area (Å²) in [5.41, 5.74) is 5.77. The van der Waals surface area contributed by atoms with Crippen molar-refractivity contribution in [2.45, 2.75) is 46.1 Å². The minimum absolute atomic E-state index is 0.115. The standard InChI is InChI=1S/C10H19N3O/c1-4-8(11)10-12-9(13-14-10)6-5-7(2)3/h7-8H,4-6,11H2,1-3H3/t8-/m1/s1. The van der Waals surface area contributed by atoms with E-state index in [0.29, 0.717) is 11.8 Å². The number of aromatic nitrogens is 2. The van der Waals surface area contributed by atoms with Gasteiger partial charge in [-0.3, -0.25) is 0 Å². The Morgan fingerprint density at radius 1 is 1.43 bits per heavy atom. The molecule has 0 saturated carbocycles. The number of hydrogen-bond donors (Lipinski definition) is 1. The number of nitrogens with two attached hydrogens (primary N) is 1. The first-order valence-electron chi connectivity index (χ1n) is 5.21. The highest BCUT2D eigenvalue weighted by Crippen LogP contribution is 2.12. The number of hydrogen-bond acceptors (Lipinski definition) is 4. The highest BCUT2D eigenvalue weighted by molar-refractivity contribution is 4.91. The van der Waals surface area contributed by atoms with Crippen molar-refractivity contribution in [3.8, 4) is 0 Å². The first-order chi connectivity index (χ1) is 6.63. The number of rotatable bonds is 5. The van der Waals surface area contributed by atoms with E-state index in [4.69, 9.17) is 10.3 Å². The summed E-state index contributed by atoms with van der Waals surface area (Å²) in [5.74, 6) is 2.00. The minimum atomic E-state index is -0.115. The van der Waals surface area contributed by atoms with Crippen LogP contribution >= 0.6 is 0 Å². The molecule has 0 bridgehead atoms. The third kappa shape index (κ3) is 3.10. The van der Waals surface area contributed by atoms with Crippen LogP contribution in [0.5, 0.6) is 0 Å². The average molecular weight is 197 g/mol. The molecule has 0 fully saturated rings. The molecular formula is C10H19N3O. The van der Waals surface area contributed by atoms with Gasteiger partial charge in [-0.15, -0.1) is 0 Å². The van der Waals surface area contributed by atoms with E-state index in [1.807, 2.05) is 6.92 Å². The molecule has 1 aromatic rings. The van der Waals surface area contributed by atoms with Gasteiger partial charge in [0.2, 0.25) is 5.89 Å². The molecule has 0 aliphatic rings. The lowest BCUT2D eigenvalue weighted by Crippen LogP contribution is -2.09. The average Bonchev–Trinajstić information content (AvgIpc) is 2.62. The lowest BCUT2D eigenvalue weighted by molar-refractivity contribution is 0.347. The molecular weight excluding hydrogens is 178 g/mol. The maximum atomic E-state index is 5.77. The summed E-state index contributed by atoms with van der Waals surface area (Å²) in [5, 5.41) is 3.89. The zero-order valence-corrected chi connectivity index (χ0v) is 9.16. The molecule has 1 atom stereocenters. The molecule has 80 valence electrons. The molecule has 2 N–H and O–H groups in total. The molecule has 14 heavy (non-hydrogen) atoms. The molecule has 0 saturated heterocycles. The lowest BCUT2D eigenvalue weighted by Gasteiger charge is -2.00. The summed E-state index contributed by atoms with van der Waals surface area (Å²) >= 11 is 0. The van der Waals surface area contributed by atoms with Gasteiger partial charge < -0.3 is 10.3 Å². The van der Waals surface area contributed by atoms with Crippen molar-refractivity contribution >= 4 is 0 Å². The SMILES string of the molecule is CC[C@@H](N)c1nc(CCC(C)C)no1. The van der Waals surface area contributed by atoms with E-state index >= 15 is 0 Å². The predicted octanol–water partition coefficient (Wildman–Crippen LogP) is 2.07. The largest absolute Gasteiger partial charge is 0.338 e. The fourth-order valence-electron chi connectivity index (χ4n) is 1.11. The second-order valence-electron chi connectivity index (χ2n) is 4.00. The summed E-state index contributed by atoms with van der Waals surface area (Å²) in [4.78, 5) is 4.25. The van der Waals surface area contributed by atoms with Gasteiger partial charge >= 0.3 is 0 Å². The van der Waals surface area contributed by atoms with Crippen LogP contribution in [-0.4, -0.2) is 10.1 Å². The second-order valence-corrected chi connectivity index (χ2v) is 4.00. The van der Waals surface area contributed by atoms with E-state index in [2.05, 4.69) is 24.0 Å². The van der Waals surface area contributed by atoms with Crippen LogP contribution in [0.15, 0.2) is 4.52 Å². The van der Waals surface area contributed by atoms with Crippen LogP contribution in [0.3, 0.4) is 0 Å². The quantitative estimate of drug-likeness (QED) is 0.784. The van der Waals surface area contributed by atoms with Crippen molar-refractivity contribution in [3.05, 3.63) is 11.7 Å². The Bertz CT molecular complexity index is 270. The Kier molecular flexibility index (Phi) is 4.07. The molecule has 0 radical (unpaired) electrons. The Hall–Kier alpha value is -0.900. The van der Waals surface area contributed by atoms with E-state index < -0.39 is 0 Å². The van der Waals surface area contributed by atoms with Crippen LogP contribution < -0.4 is 5.73 Å². The second kappa shape index (κ2) is 5.10. The van der Waals surface area contributed by atoms with Crippen LogP contribution in [0, 0.1) is 5.92 Å². The van der Waals surface area contributed by atoms with Crippen molar-refractivity contribution in [1.82, 2.24) is 10.1 Å². The maximum absolute atomic E-state index is 5.77. The highest BCUT2D eigenvalue weighted by atomic mass is 16.5. The fourth-order valence-corrected chi connectivity index (χ4v) is 1.11. The lowest BCUT2D eigenvalue weighted by atomic mass is 10.1. The van der Waals surface area contributed by atoms with Gasteiger partial charge in [-0.25, -0.2) is 0 Å². The van der Waals surface area contributed by atoms with Crippen LogP contribution in [-0.2, 0) is 6.42 Å². The monoisotopic (exact) mass is 197 g/mol. The topological polar surface area (TPSA) is 64.9 Å². The molecule has 4 heteroatoms. The minimum Gasteiger partial charge on any atom is -0.338 e. The van der Waals surface area contributed by atoms with Crippen molar-refractivity contribution in [3.63, 3.8) is 0 Å². The van der Waals surface area contributed by atoms with Gasteiger partial charge in [0.15, 0.2) is 5.82 Å². The van der Waals surface area contributed by atoms with Gasteiger partial charge in [-0.1, -0.05) is 25.9 Å². The van der Waals surface area contributed by atoms with Gasteiger partial charge in [0, 0.05) is 6.42 Å². The zero-order valence-electron chi connectivity index (χ0n) is 9.16. The normalized spacial score (nSPS) is 13.5. The van der Waals surface area contributed by atoms with E-state index in [-0.39, 0.29) is 6.04 Å². The van der Waals surface area contributed by atoms with Crippen molar-refractivity contribution in [2.75, 3.05) is 0 Å². The first-order valence-corrected chi connectivity index (χ1v) is 5.21. The smallest absolute Gasteiger partial charge is 0.243 e. The molecule has 0 spiro atoms. The Balaban J connectivity index is 2.50. The summed E-state index contributed by atoms with van der Waals surface area (Å²) in [7, 11) is 0. The van der Waals surface area contributed by atoms with E-state index in [0.717, 1.165) is 25.1 Å². The molecule has 1 rings (SSSR count). The zero-order chi connectivity index (χ0) is 10.6. The summed E-state index contributed by atoms with van der Waals surface area (Å²) < 4.78 is 5.06. The summed E-state index contributed by atoms with van der Waals surface area (Å²) in [6.45, 7) is 6.36. The summed E-state index contributed by atoms with van der Waals surface area (Å²) in [6.07, 6.45) is 2.78. The van der Waals surface area contributed by atoms with Crippen LogP contribution in [0.1, 0.15) is 51.4 Å². The number of nitrogens with zero attached hydrogens (tertiary/aromatic N) is 2. The van der Waals surface area contributed by atoms with E-state index in [9.17, 15) is 0 Å². The van der Waals surface area contributed by atoms with E-state index in [1.165, 1.54) is 0 Å². The van der Waals surface area contributed by atoms with Gasteiger partial charge in [-0.2, -0.15) is 4.98 Å². The highest BCUT2D eigenvalue weighted by Gasteiger charge is 2.12. The fraction of sp³-hybridized carbons (Fsp3) is 0.800. The predicted molar refractivity (Wildman–Crippen MR) is 54.7 cm³/mol. The third-order valence-corrected chi connectivity index (χ3v) is 2.19. The van der Waals surface area contributed by atoms with Crippen LogP contribution in [0.2, 0.25) is 0 Å². The molecule has 0 amide bonds. The van der Waals surface area contributed by atoms with Crippen molar-refractivity contribution in [1.29, 1.82) is 0 Å². The van der Waals surface area contributed by atoms with Crippen LogP contribution in [0.25, 0.3) is 0 Å². The van der Waals surface area contributed by atoms with Crippen LogP contribution in [0.4, 0.5) is 0 Å². The van der Waals surface area contributed by atoms with Gasteiger partial charge in [-0.05, 0) is 18.8 Å². The third-order valence-electron chi connectivity index (χ3n) is 2.19. The maximum Gasteiger partial charge on any atom is 0.243 e. The molecule has 1 aromatic heterocycles. The molecule has 0 aliphatic carbocycles. The van der Waals surface area contributed by atoms with E-state index in [1.54, 1.807) is 0 Å². The molecule has 0 aliphatic heterocycles. The molecule has 4 nitrogen and oxygen atoms in total. The molecule has 0 unspecified atom stereocenters. The molecule has 0 aromatic carbocycles. The van der Waals surface area contributed by atoms with Crippen molar-refractivity contribution in [2.24, 2.45) is 11.7 Å². The summed E-state index contributed by atoms with van der Waals surface area (Å²) in [6, 6.07) is -0.115. The van der Waals surface area contributed by atoms with Gasteiger partial charge in [0.25, 0.3) is 0 Å². The first kappa shape index (κ1) is 11.2. The molecule has 1 heterocycles. The van der Waals surface area contributed by atoms with Gasteiger partial charge in [0.1, 0.15) is 0 Å². The van der Waals surface area contributed by atoms with Gasteiger partial charge in [0.05, 0.1) is 6.04 Å². The Morgan fingerprint density at radius 3 is 2.71 bits per heavy atom. The Morgan fingerprint density at radius 2 is 2.14 bits per heavy atom. The Labute approximate surface area is 84.9 Å². The van der Waals surface area contributed by atoms with Crippen molar-refractivity contribution < 1.29 is 4.52 Å². The number of aryl methyl sites for hydroxylation is 1.